The van der Waals surface area contributed by atoms with Crippen LogP contribution in [-0.4, -0.2) is 22.2 Å². The highest BCUT2D eigenvalue weighted by molar-refractivity contribution is 9.10. The molecule has 2 rings (SSSR count). The predicted octanol–water partition coefficient (Wildman–Crippen LogP) is 5.15. The third kappa shape index (κ3) is 5.23. The van der Waals surface area contributed by atoms with E-state index in [0.717, 1.165) is 16.7 Å². The van der Waals surface area contributed by atoms with Crippen LogP contribution in [0.3, 0.4) is 0 Å². The molecule has 0 aliphatic heterocycles. The molecule has 146 valence electrons. The van der Waals surface area contributed by atoms with Crippen LogP contribution < -0.4 is 10.5 Å². The molecule has 27 heavy (non-hydrogen) atoms. The molecule has 0 bridgehead atoms. The maximum atomic E-state index is 10.9. The van der Waals surface area contributed by atoms with Crippen molar-refractivity contribution < 1.29 is 19.7 Å². The molecule has 0 aromatic heterocycles. The summed E-state index contributed by atoms with van der Waals surface area (Å²) in [6.07, 6.45) is 0.239. The first-order chi connectivity index (χ1) is 12.6. The first-order valence-corrected chi connectivity index (χ1v) is 9.70. The van der Waals surface area contributed by atoms with E-state index in [1.165, 1.54) is 0 Å². The summed E-state index contributed by atoms with van der Waals surface area (Å²) in [4.78, 5) is 10.9. The summed E-state index contributed by atoms with van der Waals surface area (Å²) < 4.78 is 6.76. The number of carbonyl (C=O) groups is 1. The molecule has 0 fully saturated rings. The normalized spacial score (nSPS) is 12.4. The number of aliphatic carboxylic acids is 1. The molecule has 1 atom stereocenters. The van der Waals surface area contributed by atoms with Crippen molar-refractivity contribution in [2.45, 2.75) is 52.0 Å². The highest BCUT2D eigenvalue weighted by Gasteiger charge is 2.17. The van der Waals surface area contributed by atoms with E-state index in [-0.39, 0.29) is 18.3 Å². The number of carboxylic acids is 1. The summed E-state index contributed by atoms with van der Waals surface area (Å²) in [5, 5.41) is 19.5. The van der Waals surface area contributed by atoms with E-state index >= 15 is 0 Å². The van der Waals surface area contributed by atoms with Crippen molar-refractivity contribution >= 4 is 21.9 Å². The van der Waals surface area contributed by atoms with E-state index < -0.39 is 12.0 Å². The number of phenolic OH excluding ortho intramolecular Hbond substituents is 1. The minimum absolute atomic E-state index is 0.161. The average molecular weight is 436 g/mol. The Labute approximate surface area is 168 Å². The first kappa shape index (κ1) is 21.3. The van der Waals surface area contributed by atoms with E-state index in [2.05, 4.69) is 15.9 Å². The fraction of sp³-hybridized carbons (Fsp3) is 0.381. The molecule has 2 aromatic carbocycles. The number of hydrogen-bond donors (Lipinski definition) is 3. The van der Waals surface area contributed by atoms with Crippen LogP contribution in [0.25, 0.3) is 0 Å². The van der Waals surface area contributed by atoms with Crippen LogP contribution in [0.5, 0.6) is 17.2 Å². The zero-order valence-corrected chi connectivity index (χ0v) is 17.6. The Balaban J connectivity index is 2.32. The highest BCUT2D eigenvalue weighted by atomic mass is 79.9. The smallest absolute Gasteiger partial charge is 0.320 e. The first-order valence-electron chi connectivity index (χ1n) is 8.91. The zero-order chi connectivity index (χ0) is 20.3. The van der Waals surface area contributed by atoms with Gasteiger partial charge in [-0.2, -0.15) is 0 Å². The SMILES string of the molecule is CC(C)c1cc(Oc2ccc(C[C@H](N)C(=O)O)cc2Br)cc(C(C)C)c1O. The fourth-order valence-corrected chi connectivity index (χ4v) is 3.32. The fourth-order valence-electron chi connectivity index (χ4n) is 2.81. The molecule has 0 unspecified atom stereocenters. The van der Waals surface area contributed by atoms with Gasteiger partial charge in [-0.25, -0.2) is 0 Å². The maximum Gasteiger partial charge on any atom is 0.320 e. The van der Waals surface area contributed by atoms with Gasteiger partial charge in [0, 0.05) is 11.1 Å². The van der Waals surface area contributed by atoms with Crippen molar-refractivity contribution in [2.24, 2.45) is 5.73 Å². The maximum absolute atomic E-state index is 10.9. The van der Waals surface area contributed by atoms with Gasteiger partial charge in [-0.15, -0.1) is 0 Å². The largest absolute Gasteiger partial charge is 0.507 e. The molecule has 0 spiro atoms. The number of hydrogen-bond acceptors (Lipinski definition) is 4. The van der Waals surface area contributed by atoms with Gasteiger partial charge in [0.1, 0.15) is 23.3 Å². The van der Waals surface area contributed by atoms with Crippen LogP contribution in [0.2, 0.25) is 0 Å². The third-order valence-electron chi connectivity index (χ3n) is 4.38. The summed E-state index contributed by atoms with van der Waals surface area (Å²) in [5.74, 6) is 0.875. The number of carboxylic acid groups (broad SMARTS) is 1. The summed E-state index contributed by atoms with van der Waals surface area (Å²) in [7, 11) is 0. The number of phenols is 1. The van der Waals surface area contributed by atoms with Crippen LogP contribution in [0.15, 0.2) is 34.8 Å². The molecule has 0 saturated heterocycles. The summed E-state index contributed by atoms with van der Waals surface area (Å²) in [6, 6.07) is 8.16. The van der Waals surface area contributed by atoms with Gasteiger partial charge in [0.15, 0.2) is 0 Å². The second kappa shape index (κ2) is 8.76. The number of benzene rings is 2. The van der Waals surface area contributed by atoms with Gasteiger partial charge in [0.05, 0.1) is 4.47 Å². The molecule has 0 amide bonds. The second-order valence-electron chi connectivity index (χ2n) is 7.28. The molecule has 2 aromatic rings. The lowest BCUT2D eigenvalue weighted by Crippen LogP contribution is -2.32. The van der Waals surface area contributed by atoms with Gasteiger partial charge in [-0.05, 0) is 64.0 Å². The van der Waals surface area contributed by atoms with Crippen LogP contribution in [-0.2, 0) is 11.2 Å². The van der Waals surface area contributed by atoms with Crippen molar-refractivity contribution in [1.82, 2.24) is 0 Å². The van der Waals surface area contributed by atoms with Gasteiger partial charge in [0.2, 0.25) is 0 Å². The van der Waals surface area contributed by atoms with Gasteiger partial charge >= 0.3 is 5.97 Å². The Morgan fingerprint density at radius 2 is 1.67 bits per heavy atom. The Hall–Kier alpha value is -2.05. The lowest BCUT2D eigenvalue weighted by molar-refractivity contribution is -0.138. The Kier molecular flexibility index (Phi) is 6.89. The number of rotatable bonds is 7. The molecule has 0 saturated carbocycles. The molecule has 0 heterocycles. The number of nitrogens with two attached hydrogens (primary N) is 1. The summed E-state index contributed by atoms with van der Waals surface area (Å²) in [5.41, 5.74) is 8.09. The lowest BCUT2D eigenvalue weighted by Gasteiger charge is -2.18. The molecule has 0 aliphatic carbocycles. The third-order valence-corrected chi connectivity index (χ3v) is 5.00. The van der Waals surface area contributed by atoms with E-state index in [1.54, 1.807) is 12.1 Å². The molecule has 0 radical (unpaired) electrons. The standard InChI is InChI=1S/C21H26BrNO4/c1-11(2)15-9-14(10-16(12(3)4)20(15)24)27-19-6-5-13(7-17(19)22)8-18(23)21(25)26/h5-7,9-12,18,24H,8,23H2,1-4H3,(H,25,26)/t18-/m0/s1. The van der Waals surface area contributed by atoms with Gasteiger partial charge in [0.25, 0.3) is 0 Å². The van der Waals surface area contributed by atoms with Crippen LogP contribution in [0.4, 0.5) is 0 Å². The molecule has 5 nitrogen and oxygen atoms in total. The summed E-state index contributed by atoms with van der Waals surface area (Å²) >= 11 is 3.48. The van der Waals surface area contributed by atoms with Gasteiger partial charge in [-0.3, -0.25) is 4.79 Å². The van der Waals surface area contributed by atoms with Crippen molar-refractivity contribution in [3.05, 3.63) is 51.5 Å². The van der Waals surface area contributed by atoms with E-state index in [1.807, 2.05) is 45.9 Å². The van der Waals surface area contributed by atoms with Crippen LogP contribution in [0.1, 0.15) is 56.2 Å². The zero-order valence-electron chi connectivity index (χ0n) is 16.0. The Morgan fingerprint density at radius 1 is 1.11 bits per heavy atom. The van der Waals surface area contributed by atoms with E-state index in [4.69, 9.17) is 15.6 Å². The van der Waals surface area contributed by atoms with Crippen molar-refractivity contribution in [3.8, 4) is 17.2 Å². The van der Waals surface area contributed by atoms with Crippen LogP contribution in [0, 0.1) is 0 Å². The van der Waals surface area contributed by atoms with E-state index in [9.17, 15) is 9.90 Å². The predicted molar refractivity (Wildman–Crippen MR) is 110 cm³/mol. The Morgan fingerprint density at radius 3 is 2.11 bits per heavy atom. The minimum atomic E-state index is -1.03. The van der Waals surface area contributed by atoms with E-state index in [0.29, 0.717) is 21.7 Å². The molecule has 0 aliphatic rings. The lowest BCUT2D eigenvalue weighted by atomic mass is 9.93. The molecule has 6 heteroatoms. The quantitative estimate of drug-likeness (QED) is 0.558. The number of aromatic hydroxyl groups is 1. The monoisotopic (exact) mass is 435 g/mol. The van der Waals surface area contributed by atoms with Crippen molar-refractivity contribution in [3.63, 3.8) is 0 Å². The van der Waals surface area contributed by atoms with Crippen LogP contribution >= 0.6 is 15.9 Å². The average Bonchev–Trinajstić information content (AvgIpc) is 2.57. The number of ether oxygens (including phenoxy) is 1. The molecular weight excluding hydrogens is 410 g/mol. The van der Waals surface area contributed by atoms with Crippen molar-refractivity contribution in [2.75, 3.05) is 0 Å². The second-order valence-corrected chi connectivity index (χ2v) is 8.13. The Bertz CT molecular complexity index is 804. The molecule has 4 N–H and O–H groups in total. The molecular formula is C21H26BrNO4. The topological polar surface area (TPSA) is 92.8 Å². The van der Waals surface area contributed by atoms with Crippen molar-refractivity contribution in [1.29, 1.82) is 0 Å². The van der Waals surface area contributed by atoms with Gasteiger partial charge < -0.3 is 20.7 Å². The summed E-state index contributed by atoms with van der Waals surface area (Å²) in [6.45, 7) is 8.11. The minimum Gasteiger partial charge on any atom is -0.507 e. The highest BCUT2D eigenvalue weighted by Crippen LogP contribution is 2.39. The van der Waals surface area contributed by atoms with Gasteiger partial charge in [-0.1, -0.05) is 33.8 Å². The number of halogens is 1.